The summed E-state index contributed by atoms with van der Waals surface area (Å²) in [5.41, 5.74) is 16.0. The van der Waals surface area contributed by atoms with Crippen molar-refractivity contribution in [1.29, 1.82) is 0 Å². The summed E-state index contributed by atoms with van der Waals surface area (Å²) in [6, 6.07) is 80.5. The Morgan fingerprint density at radius 1 is 0.397 bits per heavy atom. The summed E-state index contributed by atoms with van der Waals surface area (Å²) in [7, 11) is 0. The smallest absolute Gasteiger partial charge is 0.135 e. The third-order valence-electron chi connectivity index (χ3n) is 13.6. The van der Waals surface area contributed by atoms with Gasteiger partial charge in [0.05, 0.1) is 16.4 Å². The summed E-state index contributed by atoms with van der Waals surface area (Å²) in [4.78, 5) is 4.97. The van der Waals surface area contributed by atoms with E-state index in [1.165, 1.54) is 70.2 Å². The van der Waals surface area contributed by atoms with Gasteiger partial charge in [-0.1, -0.05) is 151 Å². The van der Waals surface area contributed by atoms with Crippen LogP contribution >= 0.6 is 11.8 Å². The van der Waals surface area contributed by atoms with Crippen LogP contribution in [-0.2, 0) is 5.41 Å². The minimum Gasteiger partial charge on any atom is -0.456 e. The maximum atomic E-state index is 6.24. The molecule has 1 atom stereocenters. The van der Waals surface area contributed by atoms with Gasteiger partial charge in [0.1, 0.15) is 11.2 Å². The minimum atomic E-state index is -0.496. The summed E-state index contributed by atoms with van der Waals surface area (Å²) in [5.74, 6) is 0. The molecule has 0 saturated carbocycles. The molecule has 1 spiro atoms. The van der Waals surface area contributed by atoms with E-state index in [1.807, 2.05) is 23.9 Å². The molecule has 2 aromatic heterocycles. The zero-order chi connectivity index (χ0) is 41.2. The number of furan rings is 1. The number of benzene rings is 10. The van der Waals surface area contributed by atoms with Crippen LogP contribution in [0.2, 0.25) is 0 Å². The van der Waals surface area contributed by atoms with E-state index < -0.39 is 5.41 Å². The van der Waals surface area contributed by atoms with Gasteiger partial charge >= 0.3 is 0 Å². The molecule has 294 valence electrons. The van der Waals surface area contributed by atoms with Crippen LogP contribution in [0.25, 0.3) is 71.3 Å². The lowest BCUT2D eigenvalue weighted by atomic mass is 9.59. The fourth-order valence-electron chi connectivity index (χ4n) is 11.1. The first-order valence-electron chi connectivity index (χ1n) is 21.6. The molecule has 0 radical (unpaired) electrons. The van der Waals surface area contributed by atoms with Crippen LogP contribution in [0.1, 0.15) is 22.3 Å². The summed E-state index contributed by atoms with van der Waals surface area (Å²) in [5, 5.41) is 7.27. The second-order valence-electron chi connectivity index (χ2n) is 16.8. The molecule has 4 heteroatoms. The lowest BCUT2D eigenvalue weighted by molar-refractivity contribution is 0.669. The Morgan fingerprint density at radius 2 is 1.06 bits per heavy atom. The van der Waals surface area contributed by atoms with Gasteiger partial charge in [0.2, 0.25) is 0 Å². The molecule has 63 heavy (non-hydrogen) atoms. The average molecular weight is 821 g/mol. The number of hydrogen-bond donors (Lipinski definition) is 0. The SMILES string of the molecule is c1ccc(N(c2ccc3c(c2)Sc2ccccc2C32c3ccccc3-c3cccc4cccc2c34)c2ccc3c(c2)c2ccccc2n3-c2ccc3oc4ccccc4c3c2)cc1. The van der Waals surface area contributed by atoms with Gasteiger partial charge in [0, 0.05) is 54.1 Å². The minimum absolute atomic E-state index is 0.496. The lowest BCUT2D eigenvalue weighted by Gasteiger charge is -2.46. The van der Waals surface area contributed by atoms with Gasteiger partial charge < -0.3 is 13.9 Å². The molecular weight excluding hydrogens is 785 g/mol. The zero-order valence-corrected chi connectivity index (χ0v) is 34.8. The largest absolute Gasteiger partial charge is 0.456 e. The van der Waals surface area contributed by atoms with E-state index in [9.17, 15) is 0 Å². The Bertz CT molecular complexity index is 3860. The number of fused-ring (bicyclic) bond motifs is 14. The maximum Gasteiger partial charge on any atom is 0.135 e. The standard InChI is InChI=1S/C59H36N2OS/c1-2-16-38(17-3-1)60(39-29-32-53-46(34-39)43-19-5-9-25-52(43)61(53)40-30-33-55-47(35-40)44-20-6-10-26-54(44)62-55)41-28-31-50-57(36-41)63-56-27-11-8-23-49(56)59(50)48-22-7-4-18-42(48)45-21-12-14-37-15-13-24-51(59)58(37)45/h1-36H. The fourth-order valence-corrected chi connectivity index (χ4v) is 12.3. The van der Waals surface area contributed by atoms with Gasteiger partial charge in [0.15, 0.2) is 0 Å². The average Bonchev–Trinajstić information content (AvgIpc) is 3.88. The van der Waals surface area contributed by atoms with Crippen molar-refractivity contribution in [2.45, 2.75) is 15.2 Å². The Kier molecular flexibility index (Phi) is 7.26. The van der Waals surface area contributed by atoms with Crippen LogP contribution in [0.15, 0.2) is 233 Å². The normalized spacial score (nSPS) is 15.0. The zero-order valence-electron chi connectivity index (χ0n) is 34.0. The topological polar surface area (TPSA) is 21.3 Å². The second kappa shape index (κ2) is 13.1. The van der Waals surface area contributed by atoms with Gasteiger partial charge in [0.25, 0.3) is 0 Å². The van der Waals surface area contributed by atoms with Crippen molar-refractivity contribution in [1.82, 2.24) is 4.57 Å². The highest BCUT2D eigenvalue weighted by Gasteiger charge is 2.48. The van der Waals surface area contributed by atoms with Gasteiger partial charge in [-0.3, -0.25) is 0 Å². The summed E-state index contributed by atoms with van der Waals surface area (Å²) in [6.45, 7) is 0. The van der Waals surface area contributed by atoms with Crippen LogP contribution in [0, 0.1) is 0 Å². The molecule has 3 nitrogen and oxygen atoms in total. The number of aromatic nitrogens is 1. The van der Waals surface area contributed by atoms with E-state index in [0.29, 0.717) is 0 Å². The van der Waals surface area contributed by atoms with Crippen molar-refractivity contribution in [2.24, 2.45) is 0 Å². The highest BCUT2D eigenvalue weighted by atomic mass is 32.2. The molecule has 2 aliphatic rings. The highest BCUT2D eigenvalue weighted by molar-refractivity contribution is 7.99. The monoisotopic (exact) mass is 820 g/mol. The molecule has 0 N–H and O–H groups in total. The van der Waals surface area contributed by atoms with Crippen LogP contribution in [0.4, 0.5) is 17.1 Å². The Balaban J connectivity index is 0.983. The van der Waals surface area contributed by atoms with E-state index >= 15 is 0 Å². The van der Waals surface area contributed by atoms with E-state index in [0.717, 1.165) is 50.2 Å². The quantitative estimate of drug-likeness (QED) is 0.176. The predicted molar refractivity (Wildman–Crippen MR) is 262 cm³/mol. The van der Waals surface area contributed by atoms with Crippen molar-refractivity contribution in [3.8, 4) is 16.8 Å². The Morgan fingerprint density at radius 3 is 1.98 bits per heavy atom. The van der Waals surface area contributed by atoms with Gasteiger partial charge in [-0.05, 0) is 123 Å². The summed E-state index contributed by atoms with van der Waals surface area (Å²) >= 11 is 1.89. The molecular formula is C59H36N2OS. The fraction of sp³-hybridized carbons (Fsp3) is 0.0169. The van der Waals surface area contributed by atoms with Crippen LogP contribution < -0.4 is 4.90 Å². The summed E-state index contributed by atoms with van der Waals surface area (Å²) < 4.78 is 8.64. The molecule has 3 heterocycles. The molecule has 14 rings (SSSR count). The number of nitrogens with zero attached hydrogens (tertiary/aromatic N) is 2. The van der Waals surface area contributed by atoms with Crippen molar-refractivity contribution >= 4 is 83.3 Å². The highest BCUT2D eigenvalue weighted by Crippen LogP contribution is 2.61. The first kappa shape index (κ1) is 34.9. The first-order chi connectivity index (χ1) is 31.2. The van der Waals surface area contributed by atoms with Crippen molar-refractivity contribution in [3.63, 3.8) is 0 Å². The Hall–Kier alpha value is -7.79. The molecule has 0 bridgehead atoms. The number of anilines is 3. The van der Waals surface area contributed by atoms with E-state index in [2.05, 4.69) is 216 Å². The van der Waals surface area contributed by atoms with Gasteiger partial charge in [-0.2, -0.15) is 0 Å². The van der Waals surface area contributed by atoms with E-state index in [1.54, 1.807) is 0 Å². The van der Waals surface area contributed by atoms with Gasteiger partial charge in [-0.25, -0.2) is 0 Å². The molecule has 0 fully saturated rings. The van der Waals surface area contributed by atoms with Crippen LogP contribution in [0.3, 0.4) is 0 Å². The third-order valence-corrected chi connectivity index (χ3v) is 14.7. The second-order valence-corrected chi connectivity index (χ2v) is 17.9. The van der Waals surface area contributed by atoms with Crippen molar-refractivity contribution in [2.75, 3.05) is 4.90 Å². The Labute approximate surface area is 368 Å². The molecule has 10 aromatic carbocycles. The number of hydrogen-bond acceptors (Lipinski definition) is 3. The molecule has 1 aliphatic carbocycles. The third kappa shape index (κ3) is 4.81. The lowest BCUT2D eigenvalue weighted by Crippen LogP contribution is -2.36. The van der Waals surface area contributed by atoms with Gasteiger partial charge in [-0.15, -0.1) is 0 Å². The molecule has 1 aliphatic heterocycles. The van der Waals surface area contributed by atoms with E-state index in [-0.39, 0.29) is 0 Å². The maximum absolute atomic E-state index is 6.24. The number of para-hydroxylation sites is 3. The predicted octanol–water partition coefficient (Wildman–Crippen LogP) is 16.1. The number of rotatable bonds is 4. The van der Waals surface area contributed by atoms with Crippen molar-refractivity contribution in [3.05, 3.63) is 241 Å². The van der Waals surface area contributed by atoms with E-state index in [4.69, 9.17) is 4.42 Å². The summed E-state index contributed by atoms with van der Waals surface area (Å²) in [6.07, 6.45) is 0. The molecule has 1 unspecified atom stereocenters. The van der Waals surface area contributed by atoms with Crippen LogP contribution in [-0.4, -0.2) is 4.57 Å². The molecule has 0 amide bonds. The molecule has 12 aromatic rings. The molecule has 0 saturated heterocycles. The van der Waals surface area contributed by atoms with Crippen LogP contribution in [0.5, 0.6) is 0 Å². The van der Waals surface area contributed by atoms with Crippen molar-refractivity contribution < 1.29 is 4.42 Å². The first-order valence-corrected chi connectivity index (χ1v) is 22.4.